The number of nitrogens with one attached hydrogen (secondary N) is 1. The maximum Gasteiger partial charge on any atom is 0.121 e. The van der Waals surface area contributed by atoms with Crippen LogP contribution in [0, 0.1) is 6.92 Å². The summed E-state index contributed by atoms with van der Waals surface area (Å²) in [5, 5.41) is 5.54. The van der Waals surface area contributed by atoms with Crippen LogP contribution in [0.4, 0.5) is 5.69 Å². The van der Waals surface area contributed by atoms with Crippen LogP contribution in [-0.4, -0.2) is 61.2 Å². The van der Waals surface area contributed by atoms with Crippen molar-refractivity contribution in [3.8, 4) is 5.75 Å². The van der Waals surface area contributed by atoms with E-state index >= 15 is 0 Å². The first kappa shape index (κ1) is 34.0. The van der Waals surface area contributed by atoms with Crippen LogP contribution in [0.2, 0.25) is 5.02 Å². The van der Waals surface area contributed by atoms with Gasteiger partial charge in [0.05, 0.1) is 24.4 Å². The highest BCUT2D eigenvalue weighted by atomic mass is 35.5. The average Bonchev–Trinajstić information content (AvgIpc) is 2.99. The predicted octanol–water partition coefficient (Wildman–Crippen LogP) is 8.43. The largest absolute Gasteiger partial charge is 0.497 e. The lowest BCUT2D eigenvalue weighted by Gasteiger charge is -2.40. The average molecular weight is 630 g/mol. The fourth-order valence-corrected chi connectivity index (χ4v) is 5.92. The number of nitrogens with zero attached hydrogens (tertiary/aromatic N) is 3. The monoisotopic (exact) mass is 628 g/mol. The van der Waals surface area contributed by atoms with Crippen molar-refractivity contribution in [1.29, 1.82) is 0 Å². The molecule has 1 N–H and O–H groups in total. The van der Waals surface area contributed by atoms with E-state index in [1.54, 1.807) is 7.11 Å². The van der Waals surface area contributed by atoms with Crippen molar-refractivity contribution in [3.63, 3.8) is 0 Å². The van der Waals surface area contributed by atoms with Gasteiger partial charge >= 0.3 is 0 Å². The lowest BCUT2D eigenvalue weighted by atomic mass is 9.96. The molecule has 5 nitrogen and oxygen atoms in total. The number of hydrogen-bond donors (Lipinski definition) is 1. The number of piperazine rings is 1. The Bertz CT molecular complexity index is 1360. The SMILES string of the molecule is COc1cc(NCCCCCCN2CCN(C(c3ccccc3)c3ccc(Cl)cc3)CC2)c2nccc(C)c2c1.Cl.Cl. The number of unbranched alkanes of at least 4 members (excludes halogenated alkanes) is 3. The highest BCUT2D eigenvalue weighted by molar-refractivity contribution is 6.30. The Morgan fingerprint density at radius 3 is 2.26 bits per heavy atom. The maximum atomic E-state index is 6.19. The van der Waals surface area contributed by atoms with Gasteiger partial charge in [0.25, 0.3) is 0 Å². The Morgan fingerprint density at radius 1 is 0.857 bits per heavy atom. The van der Waals surface area contributed by atoms with Gasteiger partial charge in [-0.3, -0.25) is 9.88 Å². The summed E-state index contributed by atoms with van der Waals surface area (Å²) < 4.78 is 5.52. The Morgan fingerprint density at radius 2 is 1.55 bits per heavy atom. The van der Waals surface area contributed by atoms with Crippen LogP contribution in [0.25, 0.3) is 10.9 Å². The first-order valence-electron chi connectivity index (χ1n) is 14.6. The Labute approximate surface area is 268 Å². The van der Waals surface area contributed by atoms with Crippen LogP contribution in [0.15, 0.2) is 79.0 Å². The normalized spacial score (nSPS) is 14.5. The quantitative estimate of drug-likeness (QED) is 0.159. The van der Waals surface area contributed by atoms with Gasteiger partial charge in [0.2, 0.25) is 0 Å². The number of pyridine rings is 1. The van der Waals surface area contributed by atoms with Crippen molar-refractivity contribution in [2.24, 2.45) is 0 Å². The summed E-state index contributed by atoms with van der Waals surface area (Å²) in [7, 11) is 1.72. The van der Waals surface area contributed by atoms with Crippen LogP contribution in [0.5, 0.6) is 5.75 Å². The molecule has 1 aliphatic rings. The molecule has 4 aromatic rings. The number of benzene rings is 3. The van der Waals surface area contributed by atoms with E-state index in [9.17, 15) is 0 Å². The van der Waals surface area contributed by atoms with Crippen molar-refractivity contribution < 1.29 is 4.74 Å². The second kappa shape index (κ2) is 16.9. The highest BCUT2D eigenvalue weighted by Gasteiger charge is 2.26. The van der Waals surface area contributed by atoms with Gasteiger partial charge in [0.1, 0.15) is 5.75 Å². The molecular formula is C34H43Cl3N4O. The molecule has 42 heavy (non-hydrogen) atoms. The Kier molecular flexibility index (Phi) is 13.7. The first-order chi connectivity index (χ1) is 19.6. The van der Waals surface area contributed by atoms with Gasteiger partial charge in [-0.1, -0.05) is 66.9 Å². The molecular weight excluding hydrogens is 587 g/mol. The molecule has 1 atom stereocenters. The molecule has 5 rings (SSSR count). The van der Waals surface area contributed by atoms with E-state index < -0.39 is 0 Å². The Hall–Kier alpha value is -2.54. The van der Waals surface area contributed by atoms with Gasteiger partial charge in [-0.2, -0.15) is 0 Å². The first-order valence-corrected chi connectivity index (χ1v) is 14.9. The fraction of sp³-hybridized carbons (Fsp3) is 0.382. The third kappa shape index (κ3) is 8.75. The number of aryl methyl sites for hydroxylation is 1. The number of fused-ring (bicyclic) bond motifs is 1. The molecule has 0 bridgehead atoms. The summed E-state index contributed by atoms with van der Waals surface area (Å²) >= 11 is 6.19. The van der Waals surface area contributed by atoms with Crippen molar-refractivity contribution in [2.75, 3.05) is 51.7 Å². The molecule has 0 spiro atoms. The van der Waals surface area contributed by atoms with Gasteiger partial charge in [0.15, 0.2) is 0 Å². The molecule has 226 valence electrons. The van der Waals surface area contributed by atoms with Crippen LogP contribution in [-0.2, 0) is 0 Å². The number of rotatable bonds is 12. The standard InChI is InChI=1S/C34H41ClN4O.2ClH/c1-26-16-18-37-33-31(26)24-30(40-2)25-32(33)36-17-8-3-4-9-19-38-20-22-39(23-21-38)34(27-10-6-5-7-11-27)28-12-14-29(35)15-13-28;;/h5-7,10-16,18,24-25,34,36H,3-4,8-9,17,19-23H2,1-2H3;2*1H. The van der Waals surface area contributed by atoms with Crippen LogP contribution in [0.3, 0.4) is 0 Å². The van der Waals surface area contributed by atoms with Gasteiger partial charge in [-0.25, -0.2) is 0 Å². The number of hydrogen-bond acceptors (Lipinski definition) is 5. The molecule has 1 aromatic heterocycles. The molecule has 0 aliphatic carbocycles. The predicted molar refractivity (Wildman–Crippen MR) is 182 cm³/mol. The van der Waals surface area contributed by atoms with Gasteiger partial charge in [-0.05, 0) is 67.3 Å². The van der Waals surface area contributed by atoms with E-state index in [4.69, 9.17) is 16.3 Å². The minimum absolute atomic E-state index is 0. The lowest BCUT2D eigenvalue weighted by Crippen LogP contribution is -2.48. The van der Waals surface area contributed by atoms with Crippen molar-refractivity contribution in [1.82, 2.24) is 14.8 Å². The summed E-state index contributed by atoms with van der Waals surface area (Å²) in [6, 6.07) is 25.7. The zero-order valence-corrected chi connectivity index (χ0v) is 27.0. The molecule has 8 heteroatoms. The molecule has 0 radical (unpaired) electrons. The molecule has 0 amide bonds. The number of anilines is 1. The van der Waals surface area contributed by atoms with E-state index in [1.807, 2.05) is 24.4 Å². The van der Waals surface area contributed by atoms with Crippen LogP contribution in [0.1, 0.15) is 48.4 Å². The molecule has 1 saturated heterocycles. The van der Waals surface area contributed by atoms with Crippen molar-refractivity contribution in [2.45, 2.75) is 38.6 Å². The van der Waals surface area contributed by atoms with E-state index in [1.165, 1.54) is 42.5 Å². The maximum absolute atomic E-state index is 6.19. The third-order valence-corrected chi connectivity index (χ3v) is 8.31. The summed E-state index contributed by atoms with van der Waals surface area (Å²) in [4.78, 5) is 9.88. The van der Waals surface area contributed by atoms with E-state index in [-0.39, 0.29) is 30.9 Å². The molecule has 1 aliphatic heterocycles. The van der Waals surface area contributed by atoms with Crippen molar-refractivity contribution >= 4 is 53.0 Å². The van der Waals surface area contributed by atoms with Crippen LogP contribution >= 0.6 is 36.4 Å². The number of methoxy groups -OCH3 is 1. The highest BCUT2D eigenvalue weighted by Crippen LogP contribution is 2.31. The summed E-state index contributed by atoms with van der Waals surface area (Å²) in [6.07, 6.45) is 6.78. The number of halogens is 3. The topological polar surface area (TPSA) is 40.6 Å². The molecule has 1 unspecified atom stereocenters. The summed E-state index contributed by atoms with van der Waals surface area (Å²) in [5.74, 6) is 0.870. The summed E-state index contributed by atoms with van der Waals surface area (Å²) in [6.45, 7) is 8.64. The minimum atomic E-state index is 0. The minimum Gasteiger partial charge on any atom is -0.497 e. The zero-order chi connectivity index (χ0) is 27.7. The summed E-state index contributed by atoms with van der Waals surface area (Å²) in [5.41, 5.74) is 5.95. The second-order valence-electron chi connectivity index (χ2n) is 10.8. The Balaban J connectivity index is 0.00000242. The van der Waals surface area contributed by atoms with Crippen LogP contribution < -0.4 is 10.1 Å². The van der Waals surface area contributed by atoms with E-state index in [0.717, 1.165) is 66.5 Å². The van der Waals surface area contributed by atoms with E-state index in [2.05, 4.69) is 81.6 Å². The second-order valence-corrected chi connectivity index (χ2v) is 11.2. The number of aromatic nitrogens is 1. The van der Waals surface area contributed by atoms with Gasteiger partial charge < -0.3 is 15.0 Å². The zero-order valence-electron chi connectivity index (χ0n) is 24.6. The fourth-order valence-electron chi connectivity index (χ4n) is 5.79. The molecule has 3 aromatic carbocycles. The van der Waals surface area contributed by atoms with Crippen molar-refractivity contribution in [3.05, 3.63) is 101 Å². The number of ether oxygens (including phenoxy) is 1. The molecule has 1 fully saturated rings. The third-order valence-electron chi connectivity index (χ3n) is 8.06. The van der Waals surface area contributed by atoms with Gasteiger partial charge in [0, 0.05) is 55.4 Å². The molecule has 0 saturated carbocycles. The van der Waals surface area contributed by atoms with Gasteiger partial charge in [-0.15, -0.1) is 24.8 Å². The molecule has 2 heterocycles. The smallest absolute Gasteiger partial charge is 0.121 e. The van der Waals surface area contributed by atoms with E-state index in [0.29, 0.717) is 0 Å². The lowest BCUT2D eigenvalue weighted by molar-refractivity contribution is 0.108.